The number of hydrogen-bond acceptors (Lipinski definition) is 4. The molecule has 0 aromatic heterocycles. The van der Waals surface area contributed by atoms with Gasteiger partial charge in [0.25, 0.3) is 5.91 Å². The van der Waals surface area contributed by atoms with Gasteiger partial charge in [-0.3, -0.25) is 9.69 Å². The summed E-state index contributed by atoms with van der Waals surface area (Å²) in [5.41, 5.74) is 0.660. The van der Waals surface area contributed by atoms with E-state index in [0.717, 1.165) is 11.3 Å². The number of urea groups is 1. The number of ether oxygens (including phenoxy) is 1. The van der Waals surface area contributed by atoms with Gasteiger partial charge in [0.1, 0.15) is 24.0 Å². The zero-order chi connectivity index (χ0) is 22.7. The zero-order valence-electron chi connectivity index (χ0n) is 19.5. The molecule has 1 aliphatic heterocycles. The lowest BCUT2D eigenvalue weighted by Crippen LogP contribution is -2.46. The molecular weight excluding hydrogens is 380 g/mol. The molecule has 1 aromatic rings. The second kappa shape index (κ2) is 8.96. The van der Waals surface area contributed by atoms with Gasteiger partial charge >= 0.3 is 6.03 Å². The van der Waals surface area contributed by atoms with E-state index in [1.807, 2.05) is 26.0 Å². The van der Waals surface area contributed by atoms with E-state index in [1.165, 1.54) is 5.56 Å². The van der Waals surface area contributed by atoms with Gasteiger partial charge in [0.15, 0.2) is 0 Å². The molecule has 0 radical (unpaired) electrons. The lowest BCUT2D eigenvalue weighted by molar-refractivity contribution is -0.132. The summed E-state index contributed by atoms with van der Waals surface area (Å²) in [4.78, 5) is 25.9. The van der Waals surface area contributed by atoms with Crippen molar-refractivity contribution < 1.29 is 19.4 Å². The lowest BCUT2D eigenvalue weighted by atomic mass is 9.72. The molecule has 1 atom stereocenters. The fraction of sp³-hybridized carbons (Fsp3) is 0.667. The Hall–Kier alpha value is -2.08. The Bertz CT molecular complexity index is 745. The summed E-state index contributed by atoms with van der Waals surface area (Å²) in [6.45, 7) is 14.9. The van der Waals surface area contributed by atoms with Crippen LogP contribution in [0.1, 0.15) is 73.3 Å². The van der Waals surface area contributed by atoms with Crippen LogP contribution in [0.3, 0.4) is 0 Å². The van der Waals surface area contributed by atoms with E-state index in [0.29, 0.717) is 18.6 Å². The second-order valence-corrected chi connectivity index (χ2v) is 10.2. The number of imide groups is 1. The third kappa shape index (κ3) is 5.54. The van der Waals surface area contributed by atoms with Crippen LogP contribution in [0.5, 0.6) is 5.75 Å². The molecule has 0 bridgehead atoms. The summed E-state index contributed by atoms with van der Waals surface area (Å²) in [5, 5.41) is 13.1. The van der Waals surface area contributed by atoms with Crippen LogP contribution in [0.4, 0.5) is 4.79 Å². The highest BCUT2D eigenvalue weighted by Crippen LogP contribution is 2.36. The Balaban J connectivity index is 1.93. The number of nitrogens with zero attached hydrogens (tertiary/aromatic N) is 1. The molecule has 0 saturated carbocycles. The van der Waals surface area contributed by atoms with Gasteiger partial charge in [-0.15, -0.1) is 0 Å². The van der Waals surface area contributed by atoms with E-state index in [2.05, 4.69) is 52.1 Å². The molecule has 1 fully saturated rings. The van der Waals surface area contributed by atoms with Crippen LogP contribution in [0.15, 0.2) is 24.3 Å². The van der Waals surface area contributed by atoms with Crippen LogP contribution in [0.2, 0.25) is 0 Å². The quantitative estimate of drug-likeness (QED) is 0.588. The van der Waals surface area contributed by atoms with Crippen molar-refractivity contribution in [3.05, 3.63) is 29.8 Å². The van der Waals surface area contributed by atoms with Crippen molar-refractivity contribution in [1.82, 2.24) is 10.2 Å². The molecule has 0 aliphatic carbocycles. The van der Waals surface area contributed by atoms with Gasteiger partial charge in [-0.1, -0.05) is 60.6 Å². The lowest BCUT2D eigenvalue weighted by Gasteiger charge is -2.33. The van der Waals surface area contributed by atoms with E-state index in [4.69, 9.17) is 4.74 Å². The molecule has 2 rings (SSSR count). The molecule has 30 heavy (non-hydrogen) atoms. The van der Waals surface area contributed by atoms with Crippen LogP contribution in [0.25, 0.3) is 0 Å². The normalized spacial score (nSPS) is 17.8. The number of β-amino-alcohol motifs (C(OH)–C–C–N with tert-alkyl or cyclic N) is 1. The molecule has 3 amide bonds. The number of hydrogen-bond donors (Lipinski definition) is 2. The van der Waals surface area contributed by atoms with E-state index < -0.39 is 17.7 Å². The van der Waals surface area contributed by atoms with E-state index in [1.54, 1.807) is 0 Å². The van der Waals surface area contributed by atoms with Gasteiger partial charge in [-0.2, -0.15) is 0 Å². The molecule has 168 valence electrons. The average molecular weight is 419 g/mol. The average Bonchev–Trinajstić information content (AvgIpc) is 2.89. The topological polar surface area (TPSA) is 78.9 Å². The first-order valence-electron chi connectivity index (χ1n) is 10.9. The minimum Gasteiger partial charge on any atom is -0.491 e. The predicted octanol–water partition coefficient (Wildman–Crippen LogP) is 4.25. The van der Waals surface area contributed by atoms with E-state index in [-0.39, 0.29) is 29.9 Å². The summed E-state index contributed by atoms with van der Waals surface area (Å²) in [7, 11) is 0. The Morgan fingerprint density at radius 3 is 2.10 bits per heavy atom. The first-order valence-corrected chi connectivity index (χ1v) is 10.9. The Morgan fingerprint density at radius 2 is 1.63 bits per heavy atom. The highest BCUT2D eigenvalue weighted by Gasteiger charge is 2.49. The Kier molecular flexibility index (Phi) is 7.23. The summed E-state index contributed by atoms with van der Waals surface area (Å²) in [6.07, 6.45) is 1.15. The van der Waals surface area contributed by atoms with Crippen molar-refractivity contribution in [3.63, 3.8) is 0 Å². The number of carbonyl (C=O) groups is 2. The Labute approximate surface area is 181 Å². The summed E-state index contributed by atoms with van der Waals surface area (Å²) < 4.78 is 5.70. The van der Waals surface area contributed by atoms with Gasteiger partial charge in [-0.05, 0) is 47.8 Å². The van der Waals surface area contributed by atoms with Crippen molar-refractivity contribution in [2.24, 2.45) is 5.41 Å². The largest absolute Gasteiger partial charge is 0.491 e. The second-order valence-electron chi connectivity index (χ2n) is 10.2. The molecule has 0 spiro atoms. The van der Waals surface area contributed by atoms with Crippen molar-refractivity contribution in [1.29, 1.82) is 0 Å². The number of carbonyl (C=O) groups excluding carboxylic acids is 2. The van der Waals surface area contributed by atoms with Gasteiger partial charge in [0.05, 0.1) is 6.54 Å². The molecule has 6 nitrogen and oxygen atoms in total. The molecule has 1 saturated heterocycles. The van der Waals surface area contributed by atoms with Crippen molar-refractivity contribution in [2.45, 2.75) is 84.8 Å². The van der Waals surface area contributed by atoms with Gasteiger partial charge in [0.2, 0.25) is 0 Å². The third-order valence-electron chi connectivity index (χ3n) is 5.90. The van der Waals surface area contributed by atoms with Gasteiger partial charge in [0, 0.05) is 0 Å². The number of benzene rings is 1. The first kappa shape index (κ1) is 24.2. The summed E-state index contributed by atoms with van der Waals surface area (Å²) in [5.74, 6) is 0.375. The van der Waals surface area contributed by atoms with Crippen molar-refractivity contribution >= 4 is 11.9 Å². The highest BCUT2D eigenvalue weighted by molar-refractivity contribution is 6.07. The first-order chi connectivity index (χ1) is 13.8. The molecule has 1 aliphatic rings. The minimum absolute atomic E-state index is 0.00698. The predicted molar refractivity (Wildman–Crippen MR) is 119 cm³/mol. The van der Waals surface area contributed by atoms with Crippen LogP contribution < -0.4 is 10.1 Å². The zero-order valence-corrected chi connectivity index (χ0v) is 19.5. The molecule has 1 unspecified atom stereocenters. The van der Waals surface area contributed by atoms with E-state index in [9.17, 15) is 14.7 Å². The SMILES string of the molecule is CCC1(CC)NC(=O)N(CC(O)COc2ccc(C(C)(C)CC(C)(C)C)cc2)C1=O. The molecule has 2 N–H and O–H groups in total. The number of rotatable bonds is 9. The monoisotopic (exact) mass is 418 g/mol. The van der Waals surface area contributed by atoms with Crippen molar-refractivity contribution in [3.8, 4) is 5.75 Å². The molecule has 1 aromatic carbocycles. The third-order valence-corrected chi connectivity index (χ3v) is 5.90. The van der Waals surface area contributed by atoms with Crippen LogP contribution in [-0.4, -0.2) is 46.7 Å². The summed E-state index contributed by atoms with van der Waals surface area (Å²) >= 11 is 0. The molecule has 6 heteroatoms. The van der Waals surface area contributed by atoms with Crippen LogP contribution >= 0.6 is 0 Å². The minimum atomic E-state index is -0.957. The number of aliphatic hydroxyl groups excluding tert-OH is 1. The number of aliphatic hydroxyl groups is 1. The maximum Gasteiger partial charge on any atom is 0.325 e. The van der Waals surface area contributed by atoms with Crippen LogP contribution in [-0.2, 0) is 10.2 Å². The summed E-state index contributed by atoms with van der Waals surface area (Å²) in [6, 6.07) is 7.47. The van der Waals surface area contributed by atoms with Crippen molar-refractivity contribution in [2.75, 3.05) is 13.2 Å². The Morgan fingerprint density at radius 1 is 1.07 bits per heavy atom. The number of nitrogens with one attached hydrogen (secondary N) is 1. The standard InChI is InChI=1S/C24H38N2O4/c1-8-24(9-2)20(28)26(21(29)25-24)14-18(27)15-30-19-12-10-17(11-13-19)23(6,7)16-22(3,4)5/h10-13,18,27H,8-9,14-16H2,1-7H3,(H,25,29). The van der Waals surface area contributed by atoms with Gasteiger partial charge in [-0.25, -0.2) is 4.79 Å². The van der Waals surface area contributed by atoms with Gasteiger partial charge < -0.3 is 15.2 Å². The van der Waals surface area contributed by atoms with E-state index >= 15 is 0 Å². The highest BCUT2D eigenvalue weighted by atomic mass is 16.5. The smallest absolute Gasteiger partial charge is 0.325 e. The van der Waals surface area contributed by atoms with Crippen LogP contribution in [0, 0.1) is 5.41 Å². The maximum absolute atomic E-state index is 12.6. The fourth-order valence-electron chi connectivity index (χ4n) is 4.46. The molecular formula is C24H38N2O4. The number of amides is 3. The molecule has 1 heterocycles. The fourth-order valence-corrected chi connectivity index (χ4v) is 4.46. The maximum atomic E-state index is 12.6.